The molecule has 0 aliphatic carbocycles. The predicted molar refractivity (Wildman–Crippen MR) is 57.9 cm³/mol. The molecule has 78 valence electrons. The van der Waals surface area contributed by atoms with E-state index >= 15 is 0 Å². The summed E-state index contributed by atoms with van der Waals surface area (Å²) in [5.74, 6) is 0. The smallest absolute Gasteiger partial charge is 0.336 e. The second-order valence-electron chi connectivity index (χ2n) is 3.45. The van der Waals surface area contributed by atoms with Gasteiger partial charge >= 0.3 is 5.63 Å². The summed E-state index contributed by atoms with van der Waals surface area (Å²) < 4.78 is 5.06. The van der Waals surface area contributed by atoms with Crippen molar-refractivity contribution in [2.24, 2.45) is 0 Å². The Bertz CT molecular complexity index is 514. The van der Waals surface area contributed by atoms with Crippen LogP contribution in [-0.2, 0) is 6.42 Å². The quantitative estimate of drug-likeness (QED) is 0.774. The Hall–Kier alpha value is -1.61. The molecule has 0 radical (unpaired) electrons. The normalized spacial score (nSPS) is 10.7. The first kappa shape index (κ1) is 9.93. The molecule has 1 aromatic heterocycles. The summed E-state index contributed by atoms with van der Waals surface area (Å²) >= 11 is 0. The third-order valence-electron chi connectivity index (χ3n) is 2.31. The van der Waals surface area contributed by atoms with Gasteiger partial charge in [-0.3, -0.25) is 0 Å². The number of fused-ring (bicyclic) bond motifs is 1. The van der Waals surface area contributed by atoms with Gasteiger partial charge in [-0.25, -0.2) is 4.79 Å². The third-order valence-corrected chi connectivity index (χ3v) is 2.31. The van der Waals surface area contributed by atoms with Crippen LogP contribution in [0.2, 0.25) is 0 Å². The van der Waals surface area contributed by atoms with Gasteiger partial charge in [-0.2, -0.15) is 0 Å². The maximum Gasteiger partial charge on any atom is 0.336 e. The van der Waals surface area contributed by atoms with Crippen molar-refractivity contribution in [1.29, 1.82) is 0 Å². The average Bonchev–Trinajstić information content (AvgIpc) is 2.25. The molecule has 0 bridgehead atoms. The van der Waals surface area contributed by atoms with Crippen LogP contribution in [0.15, 0.2) is 39.5 Å². The average molecular weight is 204 g/mol. The Morgan fingerprint density at radius 3 is 2.80 bits per heavy atom. The van der Waals surface area contributed by atoms with Gasteiger partial charge in [0.2, 0.25) is 0 Å². The molecule has 0 saturated carbocycles. The number of rotatable bonds is 3. The molecular weight excluding hydrogens is 192 g/mol. The number of aliphatic hydroxyl groups excluding tert-OH is 1. The highest BCUT2D eigenvalue weighted by Crippen LogP contribution is 2.14. The van der Waals surface area contributed by atoms with Gasteiger partial charge in [0, 0.05) is 18.1 Å². The van der Waals surface area contributed by atoms with Gasteiger partial charge in [0.1, 0.15) is 5.58 Å². The van der Waals surface area contributed by atoms with Crippen LogP contribution in [-0.4, -0.2) is 11.7 Å². The fourth-order valence-electron chi connectivity index (χ4n) is 1.54. The minimum Gasteiger partial charge on any atom is -0.423 e. The van der Waals surface area contributed by atoms with E-state index in [-0.39, 0.29) is 12.2 Å². The minimum atomic E-state index is -0.332. The van der Waals surface area contributed by atoms with Crippen LogP contribution in [0.5, 0.6) is 0 Å². The summed E-state index contributed by atoms with van der Waals surface area (Å²) in [4.78, 5) is 11.0. The fraction of sp³-hybridized carbons (Fsp3) is 0.250. The highest BCUT2D eigenvalue weighted by atomic mass is 16.4. The molecule has 0 unspecified atom stereocenters. The van der Waals surface area contributed by atoms with Crippen molar-refractivity contribution in [3.05, 3.63) is 46.3 Å². The van der Waals surface area contributed by atoms with Crippen molar-refractivity contribution in [2.45, 2.75) is 12.8 Å². The molecule has 0 saturated heterocycles. The van der Waals surface area contributed by atoms with Crippen molar-refractivity contribution in [1.82, 2.24) is 0 Å². The molecule has 3 nitrogen and oxygen atoms in total. The number of aryl methyl sites for hydroxylation is 1. The maximum absolute atomic E-state index is 11.0. The van der Waals surface area contributed by atoms with Crippen LogP contribution >= 0.6 is 0 Å². The van der Waals surface area contributed by atoms with E-state index in [1.165, 1.54) is 6.07 Å². The second-order valence-corrected chi connectivity index (χ2v) is 3.45. The molecular formula is C12H12O3. The molecule has 1 N–H and O–H groups in total. The molecule has 1 heterocycles. The molecule has 0 amide bonds. The van der Waals surface area contributed by atoms with Crippen molar-refractivity contribution in [2.75, 3.05) is 6.61 Å². The Balaban J connectivity index is 2.40. The minimum absolute atomic E-state index is 0.177. The molecule has 0 fully saturated rings. The molecule has 0 spiro atoms. The second kappa shape index (κ2) is 4.28. The molecule has 1 aromatic carbocycles. The summed E-state index contributed by atoms with van der Waals surface area (Å²) in [6.07, 6.45) is 1.52. The van der Waals surface area contributed by atoms with Gasteiger partial charge in [0.25, 0.3) is 0 Å². The lowest BCUT2D eigenvalue weighted by molar-refractivity contribution is 0.288. The molecule has 2 aromatic rings. The number of hydrogen-bond acceptors (Lipinski definition) is 3. The summed E-state index contributed by atoms with van der Waals surface area (Å²) in [7, 11) is 0. The Labute approximate surface area is 87.0 Å². The lowest BCUT2D eigenvalue weighted by Crippen LogP contribution is -1.95. The standard InChI is InChI=1S/C12H12O3/c13-7-1-2-9-3-4-10-5-6-12(14)15-11(10)8-9/h3-6,8,13H,1-2,7H2. The molecule has 0 atom stereocenters. The van der Waals surface area contributed by atoms with E-state index in [1.54, 1.807) is 6.07 Å². The summed E-state index contributed by atoms with van der Waals surface area (Å²) in [5, 5.41) is 9.63. The number of hydrogen-bond donors (Lipinski definition) is 1. The Morgan fingerprint density at radius 1 is 1.20 bits per heavy atom. The van der Waals surface area contributed by atoms with Crippen molar-refractivity contribution < 1.29 is 9.52 Å². The molecule has 0 aliphatic rings. The Morgan fingerprint density at radius 2 is 2.00 bits per heavy atom. The lowest BCUT2D eigenvalue weighted by Gasteiger charge is -2.01. The highest BCUT2D eigenvalue weighted by Gasteiger charge is 1.99. The van der Waals surface area contributed by atoms with E-state index in [2.05, 4.69) is 0 Å². The van der Waals surface area contributed by atoms with E-state index in [4.69, 9.17) is 9.52 Å². The molecule has 0 aliphatic heterocycles. The van der Waals surface area contributed by atoms with Gasteiger partial charge in [-0.1, -0.05) is 12.1 Å². The van der Waals surface area contributed by atoms with Gasteiger partial charge in [0.05, 0.1) is 0 Å². The zero-order valence-electron chi connectivity index (χ0n) is 8.27. The molecule has 3 heteroatoms. The van der Waals surface area contributed by atoms with Crippen LogP contribution in [0.4, 0.5) is 0 Å². The monoisotopic (exact) mass is 204 g/mol. The zero-order chi connectivity index (χ0) is 10.7. The third kappa shape index (κ3) is 2.25. The summed E-state index contributed by atoms with van der Waals surface area (Å²) in [6.45, 7) is 0.177. The van der Waals surface area contributed by atoms with Gasteiger partial charge < -0.3 is 9.52 Å². The topological polar surface area (TPSA) is 50.4 Å². The van der Waals surface area contributed by atoms with Crippen molar-refractivity contribution in [3.8, 4) is 0 Å². The van der Waals surface area contributed by atoms with E-state index in [1.807, 2.05) is 18.2 Å². The van der Waals surface area contributed by atoms with Crippen LogP contribution in [0.1, 0.15) is 12.0 Å². The van der Waals surface area contributed by atoms with Gasteiger partial charge in [-0.15, -0.1) is 0 Å². The van der Waals surface area contributed by atoms with Crippen LogP contribution in [0, 0.1) is 0 Å². The Kier molecular flexibility index (Phi) is 2.83. The predicted octanol–water partition coefficient (Wildman–Crippen LogP) is 1.72. The highest BCUT2D eigenvalue weighted by molar-refractivity contribution is 5.76. The van der Waals surface area contributed by atoms with E-state index < -0.39 is 0 Å². The van der Waals surface area contributed by atoms with Gasteiger partial charge in [-0.05, 0) is 30.5 Å². The summed E-state index contributed by atoms with van der Waals surface area (Å²) in [5.41, 5.74) is 1.35. The maximum atomic E-state index is 11.0. The van der Waals surface area contributed by atoms with Crippen molar-refractivity contribution >= 4 is 11.0 Å². The van der Waals surface area contributed by atoms with E-state index in [0.29, 0.717) is 5.58 Å². The number of benzene rings is 1. The summed E-state index contributed by atoms with van der Waals surface area (Å²) in [6, 6.07) is 8.92. The van der Waals surface area contributed by atoms with Crippen molar-refractivity contribution in [3.63, 3.8) is 0 Å². The first-order valence-electron chi connectivity index (χ1n) is 4.93. The van der Waals surface area contributed by atoms with Crippen LogP contribution in [0.25, 0.3) is 11.0 Å². The first-order chi connectivity index (χ1) is 7.29. The largest absolute Gasteiger partial charge is 0.423 e. The fourth-order valence-corrected chi connectivity index (χ4v) is 1.54. The molecule has 15 heavy (non-hydrogen) atoms. The zero-order valence-corrected chi connectivity index (χ0v) is 8.27. The first-order valence-corrected chi connectivity index (χ1v) is 4.93. The number of aliphatic hydroxyl groups is 1. The SMILES string of the molecule is O=c1ccc2ccc(CCCO)cc2o1. The van der Waals surface area contributed by atoms with E-state index in [9.17, 15) is 4.79 Å². The molecule has 2 rings (SSSR count). The van der Waals surface area contributed by atoms with Crippen LogP contribution in [0.3, 0.4) is 0 Å². The van der Waals surface area contributed by atoms with E-state index in [0.717, 1.165) is 23.8 Å². The lowest BCUT2D eigenvalue weighted by atomic mass is 10.1. The van der Waals surface area contributed by atoms with Gasteiger partial charge in [0.15, 0.2) is 0 Å². The van der Waals surface area contributed by atoms with Crippen LogP contribution < -0.4 is 5.63 Å².